The summed E-state index contributed by atoms with van der Waals surface area (Å²) in [5.74, 6) is -1.69. The molecule has 35 heavy (non-hydrogen) atoms. The van der Waals surface area contributed by atoms with Gasteiger partial charge in [-0.2, -0.15) is 0 Å². The fourth-order valence-corrected chi connectivity index (χ4v) is 5.80. The molecule has 2 aromatic rings. The first-order valence-electron chi connectivity index (χ1n) is 12.6. The molecule has 2 fully saturated rings. The molecule has 2 saturated carbocycles. The molecule has 5 rings (SSSR count). The third-order valence-electron chi connectivity index (χ3n) is 7.62. The Bertz CT molecular complexity index is 1100. The number of ether oxygens (including phenoxy) is 1. The van der Waals surface area contributed by atoms with Gasteiger partial charge in [-0.25, -0.2) is 4.79 Å². The molecule has 4 atom stereocenters. The SMILES string of the molecule is CC(CC(=O)N(C1CC1)C1c2ccccc2N(C(=O)OCc2ccccc2)C2CCCC21)C(=O)O. The second-order valence-corrected chi connectivity index (χ2v) is 10.1. The highest BCUT2D eigenvalue weighted by Gasteiger charge is 2.51. The van der Waals surface area contributed by atoms with Crippen molar-refractivity contribution in [2.45, 2.75) is 70.2 Å². The van der Waals surface area contributed by atoms with Crippen LogP contribution in [0.2, 0.25) is 0 Å². The molecule has 7 heteroatoms. The number of benzene rings is 2. The fourth-order valence-electron chi connectivity index (χ4n) is 5.80. The van der Waals surface area contributed by atoms with Gasteiger partial charge in [-0.1, -0.05) is 61.9 Å². The van der Waals surface area contributed by atoms with E-state index in [9.17, 15) is 19.5 Å². The molecule has 1 heterocycles. The Kier molecular flexibility index (Phi) is 6.50. The maximum absolute atomic E-state index is 13.5. The van der Waals surface area contributed by atoms with E-state index in [1.54, 1.807) is 6.92 Å². The van der Waals surface area contributed by atoms with Crippen LogP contribution >= 0.6 is 0 Å². The van der Waals surface area contributed by atoms with Gasteiger partial charge in [-0.3, -0.25) is 14.5 Å². The number of amides is 2. The minimum atomic E-state index is -0.954. The average molecular weight is 477 g/mol. The monoisotopic (exact) mass is 476 g/mol. The van der Waals surface area contributed by atoms with Gasteiger partial charge < -0.3 is 14.7 Å². The van der Waals surface area contributed by atoms with Gasteiger partial charge in [0.05, 0.1) is 17.6 Å². The molecular formula is C28H32N2O5. The molecule has 0 bridgehead atoms. The zero-order valence-corrected chi connectivity index (χ0v) is 20.0. The molecule has 0 aromatic heterocycles. The molecule has 2 amide bonds. The van der Waals surface area contributed by atoms with Crippen LogP contribution in [0.25, 0.3) is 0 Å². The van der Waals surface area contributed by atoms with Crippen molar-refractivity contribution in [1.82, 2.24) is 4.90 Å². The number of nitrogens with zero attached hydrogens (tertiary/aromatic N) is 2. The minimum absolute atomic E-state index is 0.00921. The lowest BCUT2D eigenvalue weighted by Gasteiger charge is -2.47. The highest BCUT2D eigenvalue weighted by Crippen LogP contribution is 2.52. The number of anilines is 1. The normalized spacial score (nSPS) is 23.7. The summed E-state index contributed by atoms with van der Waals surface area (Å²) < 4.78 is 5.76. The van der Waals surface area contributed by atoms with Crippen molar-refractivity contribution in [2.24, 2.45) is 11.8 Å². The number of carboxylic acid groups (broad SMARTS) is 1. The van der Waals surface area contributed by atoms with E-state index >= 15 is 0 Å². The molecule has 1 N–H and O–H groups in total. The number of hydrogen-bond acceptors (Lipinski definition) is 4. The van der Waals surface area contributed by atoms with E-state index in [-0.39, 0.29) is 49.1 Å². The molecular weight excluding hydrogens is 444 g/mol. The fraction of sp³-hybridized carbons (Fsp3) is 0.464. The number of carbonyl (C=O) groups excluding carboxylic acids is 2. The predicted molar refractivity (Wildman–Crippen MR) is 131 cm³/mol. The van der Waals surface area contributed by atoms with Gasteiger partial charge in [0.1, 0.15) is 6.61 Å². The molecule has 2 aromatic carbocycles. The first-order chi connectivity index (χ1) is 17.0. The van der Waals surface area contributed by atoms with Crippen molar-refractivity contribution < 1.29 is 24.2 Å². The van der Waals surface area contributed by atoms with Crippen molar-refractivity contribution in [3.63, 3.8) is 0 Å². The second-order valence-electron chi connectivity index (χ2n) is 10.1. The van der Waals surface area contributed by atoms with E-state index < -0.39 is 11.9 Å². The largest absolute Gasteiger partial charge is 0.481 e. The van der Waals surface area contributed by atoms with Crippen LogP contribution in [0.5, 0.6) is 0 Å². The molecule has 1 aliphatic heterocycles. The second kappa shape index (κ2) is 9.72. The summed E-state index contributed by atoms with van der Waals surface area (Å²) in [5.41, 5.74) is 2.68. The summed E-state index contributed by atoms with van der Waals surface area (Å²) in [7, 11) is 0. The first kappa shape index (κ1) is 23.4. The average Bonchev–Trinajstić information content (AvgIpc) is 3.58. The van der Waals surface area contributed by atoms with Crippen LogP contribution < -0.4 is 4.90 Å². The van der Waals surface area contributed by atoms with Gasteiger partial charge in [0.25, 0.3) is 0 Å². The van der Waals surface area contributed by atoms with E-state index in [2.05, 4.69) is 0 Å². The summed E-state index contributed by atoms with van der Waals surface area (Å²) in [6, 6.07) is 17.4. The van der Waals surface area contributed by atoms with E-state index in [1.165, 1.54) is 0 Å². The van der Waals surface area contributed by atoms with Crippen LogP contribution in [0.4, 0.5) is 10.5 Å². The number of carbonyl (C=O) groups is 3. The first-order valence-corrected chi connectivity index (χ1v) is 12.6. The minimum Gasteiger partial charge on any atom is -0.481 e. The molecule has 0 spiro atoms. The van der Waals surface area contributed by atoms with E-state index in [0.717, 1.165) is 48.9 Å². The Hall–Kier alpha value is -3.35. The standard InChI is InChI=1S/C28H32N2O5/c1-18(27(32)33)16-25(31)29(20-14-15-20)26-21-10-5-6-12-23(21)30(24-13-7-11-22(24)26)28(34)35-17-19-8-3-2-4-9-19/h2-6,8-10,12,18,20,22,24,26H,7,11,13-17H2,1H3,(H,32,33). The van der Waals surface area contributed by atoms with Gasteiger partial charge in [-0.05, 0) is 42.9 Å². The van der Waals surface area contributed by atoms with Crippen LogP contribution in [0, 0.1) is 11.8 Å². The number of carboxylic acids is 1. The molecule has 0 saturated heterocycles. The highest BCUT2D eigenvalue weighted by molar-refractivity contribution is 5.91. The van der Waals surface area contributed by atoms with E-state index in [1.807, 2.05) is 64.4 Å². The summed E-state index contributed by atoms with van der Waals surface area (Å²) in [4.78, 5) is 42.1. The van der Waals surface area contributed by atoms with E-state index in [4.69, 9.17) is 4.74 Å². The molecule has 4 unspecified atom stereocenters. The number of rotatable bonds is 7. The zero-order chi connectivity index (χ0) is 24.5. The number of hydrogen-bond donors (Lipinski definition) is 1. The highest BCUT2D eigenvalue weighted by atomic mass is 16.6. The Morgan fingerprint density at radius 1 is 1.03 bits per heavy atom. The van der Waals surface area contributed by atoms with Crippen molar-refractivity contribution in [2.75, 3.05) is 4.90 Å². The molecule has 7 nitrogen and oxygen atoms in total. The zero-order valence-electron chi connectivity index (χ0n) is 20.0. The molecule has 0 radical (unpaired) electrons. The third kappa shape index (κ3) is 4.64. The Balaban J connectivity index is 1.46. The van der Waals surface area contributed by atoms with Gasteiger partial charge in [0, 0.05) is 24.4 Å². The van der Waals surface area contributed by atoms with Crippen molar-refractivity contribution in [3.8, 4) is 0 Å². The maximum atomic E-state index is 13.5. The van der Waals surface area contributed by atoms with Crippen molar-refractivity contribution in [1.29, 1.82) is 0 Å². The lowest BCUT2D eigenvalue weighted by atomic mass is 9.81. The quantitative estimate of drug-likeness (QED) is 0.597. The van der Waals surface area contributed by atoms with Gasteiger partial charge in [0.2, 0.25) is 5.91 Å². The summed E-state index contributed by atoms with van der Waals surface area (Å²) in [5, 5.41) is 9.39. The Morgan fingerprint density at radius 3 is 2.46 bits per heavy atom. The summed E-state index contributed by atoms with van der Waals surface area (Å²) >= 11 is 0. The van der Waals surface area contributed by atoms with Gasteiger partial charge in [0.15, 0.2) is 0 Å². The third-order valence-corrected chi connectivity index (χ3v) is 7.62. The van der Waals surface area contributed by atoms with Crippen LogP contribution in [-0.4, -0.2) is 40.1 Å². The lowest BCUT2D eigenvalue weighted by Crippen LogP contribution is -2.53. The van der Waals surface area contributed by atoms with Crippen LogP contribution in [0.3, 0.4) is 0 Å². The van der Waals surface area contributed by atoms with Gasteiger partial charge >= 0.3 is 12.1 Å². The Morgan fingerprint density at radius 2 is 1.74 bits per heavy atom. The summed E-state index contributed by atoms with van der Waals surface area (Å²) in [6.45, 7) is 1.79. The number of fused-ring (bicyclic) bond motifs is 2. The van der Waals surface area contributed by atoms with E-state index in [0.29, 0.717) is 0 Å². The molecule has 3 aliphatic rings. The van der Waals surface area contributed by atoms with Crippen molar-refractivity contribution >= 4 is 23.7 Å². The lowest BCUT2D eigenvalue weighted by molar-refractivity contribution is -0.147. The smallest absolute Gasteiger partial charge is 0.414 e. The van der Waals surface area contributed by atoms with Crippen LogP contribution in [0.1, 0.15) is 62.6 Å². The van der Waals surface area contributed by atoms with Gasteiger partial charge in [-0.15, -0.1) is 0 Å². The maximum Gasteiger partial charge on any atom is 0.414 e. The predicted octanol–water partition coefficient (Wildman–Crippen LogP) is 5.16. The van der Waals surface area contributed by atoms with Crippen molar-refractivity contribution in [3.05, 3.63) is 65.7 Å². The number of aliphatic carboxylic acids is 1. The molecule has 2 aliphatic carbocycles. The van der Waals surface area contributed by atoms with Crippen LogP contribution in [0.15, 0.2) is 54.6 Å². The Labute approximate surface area is 205 Å². The molecule has 184 valence electrons. The van der Waals surface area contributed by atoms with Crippen LogP contribution in [-0.2, 0) is 20.9 Å². The number of para-hydroxylation sites is 1. The topological polar surface area (TPSA) is 87.2 Å². The summed E-state index contributed by atoms with van der Waals surface area (Å²) in [6.07, 6.45) is 4.25.